The van der Waals surface area contributed by atoms with Crippen molar-refractivity contribution in [3.63, 3.8) is 0 Å². The smallest absolute Gasteiger partial charge is 0.345 e. The predicted molar refractivity (Wildman–Crippen MR) is 89.6 cm³/mol. The number of benzene rings is 1. The number of carbonyl (C=O) groups is 3. The van der Waals surface area contributed by atoms with Crippen LogP contribution in [0.4, 0.5) is 11.5 Å². The minimum absolute atomic E-state index is 0.135. The van der Waals surface area contributed by atoms with Gasteiger partial charge in [0.15, 0.2) is 0 Å². The number of para-hydroxylation sites is 1. The van der Waals surface area contributed by atoms with Crippen LogP contribution in [0.1, 0.15) is 27.0 Å². The zero-order valence-electron chi connectivity index (χ0n) is 12.4. The average Bonchev–Trinajstić information content (AvgIpc) is 3.09. The van der Waals surface area contributed by atoms with Gasteiger partial charge in [0.05, 0.1) is 16.6 Å². The third kappa shape index (κ3) is 2.97. The molecule has 0 saturated heterocycles. The second-order valence-corrected chi connectivity index (χ2v) is 5.94. The molecule has 0 aliphatic rings. The monoisotopic (exact) mass is 344 g/mol. The molecule has 122 valence electrons. The number of amides is 2. The minimum atomic E-state index is -1.05. The SMILES string of the molecule is CC(=O)Nc1ccccc1C(=O)Nc1[nH]nc2sc(C(=O)O)cc12. The van der Waals surface area contributed by atoms with Gasteiger partial charge in [0.1, 0.15) is 15.5 Å². The van der Waals surface area contributed by atoms with Crippen molar-refractivity contribution < 1.29 is 19.5 Å². The largest absolute Gasteiger partial charge is 0.477 e. The molecule has 0 atom stereocenters. The van der Waals surface area contributed by atoms with Crippen molar-refractivity contribution in [1.82, 2.24) is 10.2 Å². The van der Waals surface area contributed by atoms with Crippen molar-refractivity contribution in [2.75, 3.05) is 10.6 Å². The van der Waals surface area contributed by atoms with Crippen LogP contribution in [-0.4, -0.2) is 33.1 Å². The molecule has 2 heterocycles. The maximum Gasteiger partial charge on any atom is 0.345 e. The Morgan fingerprint density at radius 1 is 1.21 bits per heavy atom. The summed E-state index contributed by atoms with van der Waals surface area (Å²) >= 11 is 1.01. The summed E-state index contributed by atoms with van der Waals surface area (Å²) in [6.07, 6.45) is 0. The molecule has 2 amide bonds. The second kappa shape index (κ2) is 6.13. The van der Waals surface area contributed by atoms with E-state index in [0.29, 0.717) is 21.7 Å². The van der Waals surface area contributed by atoms with Crippen molar-refractivity contribution >= 4 is 50.8 Å². The first kappa shape index (κ1) is 15.7. The highest BCUT2D eigenvalue weighted by atomic mass is 32.1. The number of thiophene rings is 1. The van der Waals surface area contributed by atoms with Gasteiger partial charge in [-0.3, -0.25) is 14.7 Å². The van der Waals surface area contributed by atoms with Gasteiger partial charge in [0.25, 0.3) is 5.91 Å². The van der Waals surface area contributed by atoms with Crippen LogP contribution in [0.2, 0.25) is 0 Å². The van der Waals surface area contributed by atoms with Crippen LogP contribution >= 0.6 is 11.3 Å². The van der Waals surface area contributed by atoms with Crippen LogP contribution in [0.5, 0.6) is 0 Å². The van der Waals surface area contributed by atoms with E-state index in [2.05, 4.69) is 20.8 Å². The van der Waals surface area contributed by atoms with E-state index in [1.54, 1.807) is 24.3 Å². The summed E-state index contributed by atoms with van der Waals surface area (Å²) in [5.41, 5.74) is 0.666. The van der Waals surface area contributed by atoms with Crippen LogP contribution < -0.4 is 10.6 Å². The zero-order valence-corrected chi connectivity index (χ0v) is 13.2. The Hall–Kier alpha value is -3.20. The van der Waals surface area contributed by atoms with E-state index in [1.807, 2.05) is 0 Å². The van der Waals surface area contributed by atoms with Gasteiger partial charge >= 0.3 is 5.97 Å². The van der Waals surface area contributed by atoms with Crippen molar-refractivity contribution in [3.05, 3.63) is 40.8 Å². The number of carboxylic acids is 1. The van der Waals surface area contributed by atoms with Crippen molar-refractivity contribution in [1.29, 1.82) is 0 Å². The van der Waals surface area contributed by atoms with Gasteiger partial charge in [0.2, 0.25) is 5.91 Å². The lowest BCUT2D eigenvalue weighted by Crippen LogP contribution is -2.16. The maximum absolute atomic E-state index is 12.5. The highest BCUT2D eigenvalue weighted by Crippen LogP contribution is 2.29. The molecular formula is C15H12N4O4S. The van der Waals surface area contributed by atoms with Crippen molar-refractivity contribution in [2.45, 2.75) is 6.92 Å². The quantitative estimate of drug-likeness (QED) is 0.579. The summed E-state index contributed by atoms with van der Waals surface area (Å²) in [5, 5.41) is 21.4. The summed E-state index contributed by atoms with van der Waals surface area (Å²) in [7, 11) is 0. The molecule has 4 N–H and O–H groups in total. The van der Waals surface area contributed by atoms with Crippen molar-refractivity contribution in [3.8, 4) is 0 Å². The standard InChI is InChI=1S/C15H12N4O4S/c1-7(20)16-10-5-3-2-4-8(10)13(21)17-12-9-6-11(15(22)23)24-14(9)19-18-12/h2-6H,1H3,(H,16,20)(H,22,23)(H2,17,18,19,21). The van der Waals surface area contributed by atoms with E-state index in [1.165, 1.54) is 13.0 Å². The van der Waals surface area contributed by atoms with Crippen molar-refractivity contribution in [2.24, 2.45) is 0 Å². The number of nitrogens with one attached hydrogen (secondary N) is 3. The Balaban J connectivity index is 1.90. The number of hydrogen-bond donors (Lipinski definition) is 4. The topological polar surface area (TPSA) is 124 Å². The molecule has 1 aromatic carbocycles. The van der Waals surface area contributed by atoms with Gasteiger partial charge in [-0.15, -0.1) is 11.3 Å². The molecule has 24 heavy (non-hydrogen) atoms. The number of H-pyrrole nitrogens is 1. The van der Waals surface area contributed by atoms with Crippen LogP contribution in [0.25, 0.3) is 10.2 Å². The molecular weight excluding hydrogens is 332 g/mol. The predicted octanol–water partition coefficient (Wildman–Crippen LogP) is 2.53. The number of aromatic amines is 1. The maximum atomic E-state index is 12.5. The summed E-state index contributed by atoms with van der Waals surface area (Å²) < 4.78 is 0. The van der Waals surface area contributed by atoms with E-state index in [9.17, 15) is 14.4 Å². The number of aromatic nitrogens is 2. The molecule has 0 unspecified atom stereocenters. The fourth-order valence-electron chi connectivity index (χ4n) is 2.17. The molecule has 9 heteroatoms. The molecule has 0 spiro atoms. The van der Waals surface area contributed by atoms with Gasteiger partial charge in [-0.1, -0.05) is 12.1 Å². The second-order valence-electron chi connectivity index (χ2n) is 4.91. The first-order valence-corrected chi connectivity index (χ1v) is 7.66. The minimum Gasteiger partial charge on any atom is -0.477 e. The van der Waals surface area contributed by atoms with Crippen LogP contribution in [-0.2, 0) is 4.79 Å². The molecule has 8 nitrogen and oxygen atoms in total. The molecule has 3 rings (SSSR count). The van der Waals surface area contributed by atoms with Gasteiger partial charge in [0, 0.05) is 6.92 Å². The number of rotatable bonds is 4. The zero-order chi connectivity index (χ0) is 17.3. The number of hydrogen-bond acceptors (Lipinski definition) is 5. The Kier molecular flexibility index (Phi) is 4.00. The van der Waals surface area contributed by atoms with Gasteiger partial charge in [-0.05, 0) is 18.2 Å². The third-order valence-electron chi connectivity index (χ3n) is 3.18. The van der Waals surface area contributed by atoms with E-state index in [0.717, 1.165) is 11.3 Å². The molecule has 0 fully saturated rings. The Morgan fingerprint density at radius 2 is 1.96 bits per heavy atom. The van der Waals surface area contributed by atoms with Gasteiger partial charge in [-0.2, -0.15) is 5.10 Å². The van der Waals surface area contributed by atoms with E-state index >= 15 is 0 Å². The first-order valence-electron chi connectivity index (χ1n) is 6.85. The number of anilines is 2. The number of carboxylic acid groups (broad SMARTS) is 1. The molecule has 0 aliphatic carbocycles. The average molecular weight is 344 g/mol. The van der Waals surface area contributed by atoms with E-state index in [-0.39, 0.29) is 16.3 Å². The Morgan fingerprint density at radius 3 is 2.67 bits per heavy atom. The molecule has 2 aromatic heterocycles. The molecule has 0 radical (unpaired) electrons. The van der Waals surface area contributed by atoms with Gasteiger partial charge < -0.3 is 15.7 Å². The lowest BCUT2D eigenvalue weighted by Gasteiger charge is -2.09. The summed E-state index contributed by atoms with van der Waals surface area (Å²) in [5.74, 6) is -1.49. The highest BCUT2D eigenvalue weighted by molar-refractivity contribution is 7.20. The molecule has 0 saturated carbocycles. The summed E-state index contributed by atoms with van der Waals surface area (Å²) in [4.78, 5) is 35.3. The van der Waals surface area contributed by atoms with E-state index in [4.69, 9.17) is 5.11 Å². The lowest BCUT2D eigenvalue weighted by atomic mass is 10.1. The van der Waals surface area contributed by atoms with Crippen LogP contribution in [0.3, 0.4) is 0 Å². The fraction of sp³-hybridized carbons (Fsp3) is 0.0667. The van der Waals surface area contributed by atoms with E-state index < -0.39 is 11.9 Å². The summed E-state index contributed by atoms with van der Waals surface area (Å²) in [6, 6.07) is 8.02. The number of aromatic carboxylic acids is 1. The van der Waals surface area contributed by atoms with Crippen LogP contribution in [0.15, 0.2) is 30.3 Å². The fourth-order valence-corrected chi connectivity index (χ4v) is 3.01. The lowest BCUT2D eigenvalue weighted by molar-refractivity contribution is -0.114. The number of fused-ring (bicyclic) bond motifs is 1. The highest BCUT2D eigenvalue weighted by Gasteiger charge is 2.17. The molecule has 0 bridgehead atoms. The number of nitrogens with zero attached hydrogens (tertiary/aromatic N) is 1. The Labute approximate surface area is 139 Å². The Bertz CT molecular complexity index is 959. The third-order valence-corrected chi connectivity index (χ3v) is 4.20. The van der Waals surface area contributed by atoms with Crippen LogP contribution in [0, 0.1) is 0 Å². The number of carbonyl (C=O) groups excluding carboxylic acids is 2. The summed E-state index contributed by atoms with van der Waals surface area (Å²) in [6.45, 7) is 1.35. The molecule has 3 aromatic rings. The molecule has 0 aliphatic heterocycles. The van der Waals surface area contributed by atoms with Gasteiger partial charge in [-0.25, -0.2) is 4.79 Å². The first-order chi connectivity index (χ1) is 11.5. The normalized spacial score (nSPS) is 10.5.